The summed E-state index contributed by atoms with van der Waals surface area (Å²) < 4.78 is 18.0. The Labute approximate surface area is 96.8 Å². The molecule has 4 nitrogen and oxygen atoms in total. The first kappa shape index (κ1) is 12.7. The van der Waals surface area contributed by atoms with Crippen LogP contribution in [-0.2, 0) is 11.2 Å². The van der Waals surface area contributed by atoms with Crippen molar-refractivity contribution >= 4 is 17.6 Å². The number of hydrogen-bond acceptors (Lipinski definition) is 3. The quantitative estimate of drug-likeness (QED) is 0.845. The van der Waals surface area contributed by atoms with Gasteiger partial charge in [0.05, 0.1) is 12.1 Å². The topological polar surface area (TPSA) is 72.5 Å². The van der Waals surface area contributed by atoms with Crippen molar-refractivity contribution in [2.75, 3.05) is 7.11 Å². The second-order valence-electron chi connectivity index (χ2n) is 3.24. The van der Waals surface area contributed by atoms with Crippen molar-refractivity contribution < 1.29 is 19.0 Å². The lowest BCUT2D eigenvalue weighted by Crippen LogP contribution is -2.32. The number of carbonyl (C=O) groups is 1. The minimum absolute atomic E-state index is 0.0277. The predicted molar refractivity (Wildman–Crippen MR) is 57.3 cm³/mol. The number of ether oxygens (including phenoxy) is 1. The Bertz CT molecular complexity index is 411. The van der Waals surface area contributed by atoms with Gasteiger partial charge in [0.1, 0.15) is 6.04 Å². The second-order valence-corrected chi connectivity index (χ2v) is 3.65. The highest BCUT2D eigenvalue weighted by atomic mass is 35.5. The first-order chi connectivity index (χ1) is 7.45. The Morgan fingerprint density at radius 3 is 2.81 bits per heavy atom. The lowest BCUT2D eigenvalue weighted by Gasteiger charge is -2.09. The molecule has 6 heteroatoms. The Morgan fingerprint density at radius 2 is 2.31 bits per heavy atom. The van der Waals surface area contributed by atoms with E-state index in [0.29, 0.717) is 5.56 Å². The highest BCUT2D eigenvalue weighted by Gasteiger charge is 2.15. The van der Waals surface area contributed by atoms with E-state index in [4.69, 9.17) is 27.2 Å². The number of carboxylic acids is 1. The molecular weight excluding hydrogens is 237 g/mol. The molecule has 1 aromatic rings. The van der Waals surface area contributed by atoms with Gasteiger partial charge in [0, 0.05) is 0 Å². The van der Waals surface area contributed by atoms with Crippen LogP contribution in [0.2, 0.25) is 5.02 Å². The molecule has 0 saturated carbocycles. The second kappa shape index (κ2) is 5.14. The van der Waals surface area contributed by atoms with Crippen LogP contribution in [-0.4, -0.2) is 24.2 Å². The van der Waals surface area contributed by atoms with Gasteiger partial charge < -0.3 is 15.6 Å². The van der Waals surface area contributed by atoms with Crippen LogP contribution in [0.25, 0.3) is 0 Å². The van der Waals surface area contributed by atoms with Gasteiger partial charge in [-0.3, -0.25) is 4.79 Å². The fourth-order valence-corrected chi connectivity index (χ4v) is 1.46. The standard InChI is InChI=1S/C10H11ClFNO3/c1-16-8-4-5(2-6(11)9(8)12)3-7(13)10(14)15/h2,4,7H,3,13H2,1H3,(H,14,15). The van der Waals surface area contributed by atoms with Crippen LogP contribution >= 0.6 is 11.6 Å². The van der Waals surface area contributed by atoms with Crippen LogP contribution < -0.4 is 10.5 Å². The van der Waals surface area contributed by atoms with E-state index in [9.17, 15) is 9.18 Å². The summed E-state index contributed by atoms with van der Waals surface area (Å²) in [5.41, 5.74) is 5.86. The van der Waals surface area contributed by atoms with E-state index in [-0.39, 0.29) is 17.2 Å². The molecule has 0 heterocycles. The largest absolute Gasteiger partial charge is 0.494 e. The maximum absolute atomic E-state index is 13.3. The van der Waals surface area contributed by atoms with Gasteiger partial charge in [0.2, 0.25) is 0 Å². The van der Waals surface area contributed by atoms with Crippen LogP contribution in [0.3, 0.4) is 0 Å². The van der Waals surface area contributed by atoms with E-state index in [1.807, 2.05) is 0 Å². The van der Waals surface area contributed by atoms with Gasteiger partial charge in [-0.1, -0.05) is 11.6 Å². The lowest BCUT2D eigenvalue weighted by atomic mass is 10.1. The fourth-order valence-electron chi connectivity index (χ4n) is 1.22. The third-order valence-corrected chi connectivity index (χ3v) is 2.32. The van der Waals surface area contributed by atoms with Crippen molar-refractivity contribution in [2.45, 2.75) is 12.5 Å². The number of methoxy groups -OCH3 is 1. The number of benzene rings is 1. The molecule has 0 aliphatic heterocycles. The van der Waals surface area contributed by atoms with Gasteiger partial charge in [-0.2, -0.15) is 0 Å². The van der Waals surface area contributed by atoms with E-state index in [2.05, 4.69) is 0 Å². The molecule has 0 saturated heterocycles. The molecule has 1 rings (SSSR count). The third kappa shape index (κ3) is 2.84. The Balaban J connectivity index is 2.98. The fraction of sp³-hybridized carbons (Fsp3) is 0.300. The summed E-state index contributed by atoms with van der Waals surface area (Å²) in [6, 6.07) is 1.66. The third-order valence-electron chi connectivity index (χ3n) is 2.05. The van der Waals surface area contributed by atoms with Crippen molar-refractivity contribution in [3.63, 3.8) is 0 Å². The van der Waals surface area contributed by atoms with Gasteiger partial charge in [-0.25, -0.2) is 4.39 Å². The molecule has 3 N–H and O–H groups in total. The molecule has 0 amide bonds. The van der Waals surface area contributed by atoms with Crippen LogP contribution in [0.15, 0.2) is 12.1 Å². The minimum atomic E-state index is -1.13. The van der Waals surface area contributed by atoms with Crippen molar-refractivity contribution in [1.29, 1.82) is 0 Å². The van der Waals surface area contributed by atoms with Gasteiger partial charge in [-0.05, 0) is 24.1 Å². The maximum atomic E-state index is 13.3. The molecule has 16 heavy (non-hydrogen) atoms. The maximum Gasteiger partial charge on any atom is 0.320 e. The van der Waals surface area contributed by atoms with Crippen LogP contribution in [0, 0.1) is 5.82 Å². The molecule has 0 radical (unpaired) electrons. The van der Waals surface area contributed by atoms with Gasteiger partial charge in [-0.15, -0.1) is 0 Å². The molecule has 0 fully saturated rings. The molecule has 1 unspecified atom stereocenters. The van der Waals surface area contributed by atoms with Crippen molar-refractivity contribution in [2.24, 2.45) is 5.73 Å². The zero-order valence-corrected chi connectivity index (χ0v) is 9.29. The average molecular weight is 248 g/mol. The molecule has 0 aliphatic carbocycles. The number of halogens is 2. The Morgan fingerprint density at radius 1 is 1.69 bits per heavy atom. The van der Waals surface area contributed by atoms with E-state index >= 15 is 0 Å². The van der Waals surface area contributed by atoms with E-state index in [0.717, 1.165) is 0 Å². The number of rotatable bonds is 4. The molecule has 0 aliphatic rings. The molecular formula is C10H11ClFNO3. The van der Waals surface area contributed by atoms with Gasteiger partial charge in [0.25, 0.3) is 0 Å². The number of carboxylic acid groups (broad SMARTS) is 1. The summed E-state index contributed by atoms with van der Waals surface area (Å²) >= 11 is 5.62. The Kier molecular flexibility index (Phi) is 4.09. The van der Waals surface area contributed by atoms with Crippen LogP contribution in [0.1, 0.15) is 5.56 Å². The summed E-state index contributed by atoms with van der Waals surface area (Å²) in [5.74, 6) is -1.82. The van der Waals surface area contributed by atoms with E-state index < -0.39 is 17.8 Å². The lowest BCUT2D eigenvalue weighted by molar-refractivity contribution is -0.138. The Hall–Kier alpha value is -1.33. The summed E-state index contributed by atoms with van der Waals surface area (Å²) in [6.07, 6.45) is 0.0612. The normalized spacial score (nSPS) is 12.2. The summed E-state index contributed by atoms with van der Waals surface area (Å²) in [7, 11) is 1.30. The van der Waals surface area contributed by atoms with Crippen molar-refractivity contribution in [1.82, 2.24) is 0 Å². The van der Waals surface area contributed by atoms with Gasteiger partial charge in [0.15, 0.2) is 11.6 Å². The molecule has 0 aromatic heterocycles. The number of nitrogens with two attached hydrogens (primary N) is 1. The number of hydrogen-bond donors (Lipinski definition) is 2. The highest BCUT2D eigenvalue weighted by molar-refractivity contribution is 6.31. The summed E-state index contributed by atoms with van der Waals surface area (Å²) in [4.78, 5) is 10.5. The number of aliphatic carboxylic acids is 1. The summed E-state index contributed by atoms with van der Waals surface area (Å²) in [6.45, 7) is 0. The first-order valence-electron chi connectivity index (χ1n) is 4.46. The highest BCUT2D eigenvalue weighted by Crippen LogP contribution is 2.26. The molecule has 1 atom stereocenters. The first-order valence-corrected chi connectivity index (χ1v) is 4.83. The van der Waals surface area contributed by atoms with Crippen molar-refractivity contribution in [3.8, 4) is 5.75 Å². The zero-order valence-electron chi connectivity index (χ0n) is 8.54. The molecule has 0 spiro atoms. The smallest absolute Gasteiger partial charge is 0.320 e. The molecule has 88 valence electrons. The van der Waals surface area contributed by atoms with Crippen LogP contribution in [0.4, 0.5) is 4.39 Å². The minimum Gasteiger partial charge on any atom is -0.494 e. The van der Waals surface area contributed by atoms with Crippen molar-refractivity contribution in [3.05, 3.63) is 28.5 Å². The molecule has 1 aromatic carbocycles. The zero-order chi connectivity index (χ0) is 12.3. The van der Waals surface area contributed by atoms with E-state index in [1.54, 1.807) is 0 Å². The SMILES string of the molecule is COc1cc(CC(N)C(=O)O)cc(Cl)c1F. The summed E-state index contributed by atoms with van der Waals surface area (Å²) in [5, 5.41) is 8.51. The van der Waals surface area contributed by atoms with Crippen LogP contribution in [0.5, 0.6) is 5.75 Å². The monoisotopic (exact) mass is 247 g/mol. The molecule has 0 bridgehead atoms. The van der Waals surface area contributed by atoms with Gasteiger partial charge >= 0.3 is 5.97 Å². The van der Waals surface area contributed by atoms with E-state index in [1.165, 1.54) is 19.2 Å². The predicted octanol–water partition coefficient (Wildman–Crippen LogP) is 1.44. The average Bonchev–Trinajstić information content (AvgIpc) is 2.22.